The second-order valence-electron chi connectivity index (χ2n) is 5.63. The highest BCUT2D eigenvalue weighted by molar-refractivity contribution is 5.89. The van der Waals surface area contributed by atoms with E-state index in [2.05, 4.69) is 22.4 Å². The summed E-state index contributed by atoms with van der Waals surface area (Å²) < 4.78 is 13.6. The SMILES string of the molecule is CC1CC(c2ccccc2)CN1C(=O)Nc1ccncc1F. The fourth-order valence-electron chi connectivity index (χ4n) is 2.94. The van der Waals surface area contributed by atoms with Gasteiger partial charge in [0.25, 0.3) is 0 Å². The summed E-state index contributed by atoms with van der Waals surface area (Å²) in [5.41, 5.74) is 1.40. The third-order valence-electron chi connectivity index (χ3n) is 4.12. The zero-order valence-electron chi connectivity index (χ0n) is 12.4. The molecule has 3 rings (SSSR count). The monoisotopic (exact) mass is 299 g/mol. The molecule has 0 aliphatic carbocycles. The van der Waals surface area contributed by atoms with Gasteiger partial charge in [0.15, 0.2) is 5.82 Å². The fourth-order valence-corrected chi connectivity index (χ4v) is 2.94. The molecule has 0 spiro atoms. The number of amides is 2. The lowest BCUT2D eigenvalue weighted by molar-refractivity contribution is 0.209. The van der Waals surface area contributed by atoms with Gasteiger partial charge in [-0.2, -0.15) is 0 Å². The summed E-state index contributed by atoms with van der Waals surface area (Å²) in [7, 11) is 0. The van der Waals surface area contributed by atoms with Crippen LogP contribution in [-0.4, -0.2) is 28.5 Å². The number of anilines is 1. The van der Waals surface area contributed by atoms with Gasteiger partial charge in [-0.15, -0.1) is 0 Å². The van der Waals surface area contributed by atoms with Crippen molar-refractivity contribution < 1.29 is 9.18 Å². The third-order valence-corrected chi connectivity index (χ3v) is 4.12. The van der Waals surface area contributed by atoms with Crippen LogP contribution >= 0.6 is 0 Å². The third kappa shape index (κ3) is 2.93. The Morgan fingerprint density at radius 1 is 1.32 bits per heavy atom. The van der Waals surface area contributed by atoms with Crippen LogP contribution in [0, 0.1) is 5.82 Å². The van der Waals surface area contributed by atoms with Crippen molar-refractivity contribution in [1.29, 1.82) is 0 Å². The molecule has 2 aromatic rings. The molecule has 114 valence electrons. The van der Waals surface area contributed by atoms with E-state index in [1.54, 1.807) is 4.90 Å². The number of aromatic nitrogens is 1. The molecule has 1 aromatic carbocycles. The molecule has 2 amide bonds. The molecular formula is C17H18FN3O. The number of benzene rings is 1. The maximum absolute atomic E-state index is 13.6. The maximum Gasteiger partial charge on any atom is 0.322 e. The number of likely N-dealkylation sites (tertiary alicyclic amines) is 1. The summed E-state index contributed by atoms with van der Waals surface area (Å²) in [6, 6.07) is 11.5. The zero-order chi connectivity index (χ0) is 15.5. The van der Waals surface area contributed by atoms with Crippen LogP contribution in [0.15, 0.2) is 48.8 Å². The molecule has 0 bridgehead atoms. The molecule has 2 unspecified atom stereocenters. The van der Waals surface area contributed by atoms with Crippen LogP contribution in [0.1, 0.15) is 24.8 Å². The Morgan fingerprint density at radius 2 is 2.09 bits per heavy atom. The average molecular weight is 299 g/mol. The van der Waals surface area contributed by atoms with Gasteiger partial charge in [-0.1, -0.05) is 30.3 Å². The first kappa shape index (κ1) is 14.5. The minimum atomic E-state index is -0.526. The molecule has 5 heteroatoms. The Morgan fingerprint density at radius 3 is 2.82 bits per heavy atom. The van der Waals surface area contributed by atoms with Gasteiger partial charge in [0.1, 0.15) is 0 Å². The summed E-state index contributed by atoms with van der Waals surface area (Å²) in [5.74, 6) is -0.202. The lowest BCUT2D eigenvalue weighted by Crippen LogP contribution is -2.37. The molecule has 1 aliphatic heterocycles. The largest absolute Gasteiger partial charge is 0.322 e. The van der Waals surface area contributed by atoms with E-state index < -0.39 is 5.82 Å². The van der Waals surface area contributed by atoms with Gasteiger partial charge in [0.05, 0.1) is 11.9 Å². The van der Waals surface area contributed by atoms with Crippen molar-refractivity contribution in [3.63, 3.8) is 0 Å². The summed E-state index contributed by atoms with van der Waals surface area (Å²) in [6.45, 7) is 2.66. The van der Waals surface area contributed by atoms with Crippen molar-refractivity contribution in [2.45, 2.75) is 25.3 Å². The molecule has 1 N–H and O–H groups in total. The number of hydrogen-bond donors (Lipinski definition) is 1. The van der Waals surface area contributed by atoms with Crippen LogP contribution in [-0.2, 0) is 0 Å². The minimum Gasteiger partial charge on any atom is -0.321 e. The van der Waals surface area contributed by atoms with E-state index in [0.717, 1.165) is 12.6 Å². The van der Waals surface area contributed by atoms with Crippen LogP contribution < -0.4 is 5.32 Å². The first-order valence-corrected chi connectivity index (χ1v) is 7.37. The van der Waals surface area contributed by atoms with Crippen molar-refractivity contribution in [3.05, 3.63) is 60.2 Å². The smallest absolute Gasteiger partial charge is 0.321 e. The van der Waals surface area contributed by atoms with Crippen molar-refractivity contribution in [1.82, 2.24) is 9.88 Å². The number of rotatable bonds is 2. The molecule has 1 saturated heterocycles. The Labute approximate surface area is 129 Å². The van der Waals surface area contributed by atoms with E-state index in [1.807, 2.05) is 25.1 Å². The van der Waals surface area contributed by atoms with Gasteiger partial charge >= 0.3 is 6.03 Å². The molecule has 2 atom stereocenters. The number of hydrogen-bond acceptors (Lipinski definition) is 2. The predicted octanol–water partition coefficient (Wildman–Crippen LogP) is 3.63. The number of pyridine rings is 1. The minimum absolute atomic E-state index is 0.120. The normalized spacial score (nSPS) is 20.9. The standard InChI is InChI=1S/C17H18FN3O/c1-12-9-14(13-5-3-2-4-6-13)11-21(12)17(22)20-16-7-8-19-10-15(16)18/h2-8,10,12,14H,9,11H2,1H3,(H,19,20,22). The van der Waals surface area contributed by atoms with E-state index >= 15 is 0 Å². The van der Waals surface area contributed by atoms with Crippen molar-refractivity contribution >= 4 is 11.7 Å². The van der Waals surface area contributed by atoms with E-state index in [-0.39, 0.29) is 17.8 Å². The van der Waals surface area contributed by atoms with Crippen molar-refractivity contribution in [2.24, 2.45) is 0 Å². The highest BCUT2D eigenvalue weighted by atomic mass is 19.1. The second kappa shape index (κ2) is 6.13. The van der Waals surface area contributed by atoms with Gasteiger partial charge in [-0.25, -0.2) is 9.18 Å². The number of nitrogens with zero attached hydrogens (tertiary/aromatic N) is 2. The number of carbonyl (C=O) groups excluding carboxylic acids is 1. The number of nitrogens with one attached hydrogen (secondary N) is 1. The van der Waals surface area contributed by atoms with Crippen LogP contribution in [0.4, 0.5) is 14.9 Å². The van der Waals surface area contributed by atoms with Crippen molar-refractivity contribution in [2.75, 3.05) is 11.9 Å². The molecule has 22 heavy (non-hydrogen) atoms. The van der Waals surface area contributed by atoms with Crippen LogP contribution in [0.25, 0.3) is 0 Å². The van der Waals surface area contributed by atoms with Crippen LogP contribution in [0.5, 0.6) is 0 Å². The quantitative estimate of drug-likeness (QED) is 0.920. The Hall–Kier alpha value is -2.43. The lowest BCUT2D eigenvalue weighted by Gasteiger charge is -2.22. The van der Waals surface area contributed by atoms with E-state index in [0.29, 0.717) is 12.5 Å². The lowest BCUT2D eigenvalue weighted by atomic mass is 9.97. The molecule has 0 radical (unpaired) electrons. The summed E-state index contributed by atoms with van der Waals surface area (Å²) in [5, 5.41) is 2.63. The van der Waals surface area contributed by atoms with E-state index in [1.165, 1.54) is 17.8 Å². The first-order chi connectivity index (χ1) is 10.6. The Kier molecular flexibility index (Phi) is 4.04. The molecule has 1 aromatic heterocycles. The van der Waals surface area contributed by atoms with Gasteiger partial charge in [0.2, 0.25) is 0 Å². The Balaban J connectivity index is 1.70. The number of urea groups is 1. The first-order valence-electron chi connectivity index (χ1n) is 7.37. The van der Waals surface area contributed by atoms with Crippen LogP contribution in [0.3, 0.4) is 0 Å². The molecule has 1 aliphatic rings. The summed E-state index contributed by atoms with van der Waals surface area (Å²) in [4.78, 5) is 17.8. The van der Waals surface area contributed by atoms with Crippen molar-refractivity contribution in [3.8, 4) is 0 Å². The Bertz CT molecular complexity index is 662. The van der Waals surface area contributed by atoms with Gasteiger partial charge in [-0.05, 0) is 25.0 Å². The molecular weight excluding hydrogens is 281 g/mol. The molecule has 1 fully saturated rings. The molecule has 4 nitrogen and oxygen atoms in total. The highest BCUT2D eigenvalue weighted by Crippen LogP contribution is 2.31. The summed E-state index contributed by atoms with van der Waals surface area (Å²) >= 11 is 0. The summed E-state index contributed by atoms with van der Waals surface area (Å²) in [6.07, 6.45) is 3.46. The maximum atomic E-state index is 13.6. The number of halogens is 1. The second-order valence-corrected chi connectivity index (χ2v) is 5.63. The van der Waals surface area contributed by atoms with Gasteiger partial charge < -0.3 is 10.2 Å². The molecule has 0 saturated carbocycles. The predicted molar refractivity (Wildman–Crippen MR) is 83.2 cm³/mol. The average Bonchev–Trinajstić information content (AvgIpc) is 2.92. The van der Waals surface area contributed by atoms with Gasteiger partial charge in [0, 0.05) is 24.7 Å². The topological polar surface area (TPSA) is 45.2 Å². The number of carbonyl (C=O) groups is 1. The van der Waals surface area contributed by atoms with Gasteiger partial charge in [-0.3, -0.25) is 4.98 Å². The zero-order valence-corrected chi connectivity index (χ0v) is 12.4. The fraction of sp³-hybridized carbons (Fsp3) is 0.294. The molecule has 2 heterocycles. The highest BCUT2D eigenvalue weighted by Gasteiger charge is 2.33. The van der Waals surface area contributed by atoms with Crippen LogP contribution in [0.2, 0.25) is 0 Å². The van der Waals surface area contributed by atoms with E-state index in [4.69, 9.17) is 0 Å². The van der Waals surface area contributed by atoms with E-state index in [9.17, 15) is 9.18 Å².